The number of aromatic hydroxyl groups is 1. The summed E-state index contributed by atoms with van der Waals surface area (Å²) >= 11 is 9.21. The van der Waals surface area contributed by atoms with Crippen LogP contribution < -0.4 is 10.9 Å². The summed E-state index contributed by atoms with van der Waals surface area (Å²) in [4.78, 5) is 24.1. The second-order valence-corrected chi connectivity index (χ2v) is 6.96. The lowest BCUT2D eigenvalue weighted by atomic mass is 10.1. The highest BCUT2D eigenvalue weighted by Crippen LogP contribution is 2.47. The maximum atomic E-state index is 12.1. The Morgan fingerprint density at radius 3 is 2.71 bits per heavy atom. The summed E-state index contributed by atoms with van der Waals surface area (Å²) < 4.78 is 0.968. The van der Waals surface area contributed by atoms with Crippen LogP contribution in [0.2, 0.25) is 5.02 Å². The van der Waals surface area contributed by atoms with Gasteiger partial charge >= 0.3 is 0 Å². The molecule has 3 rings (SSSR count). The molecule has 0 saturated heterocycles. The Morgan fingerprint density at radius 2 is 1.96 bits per heavy atom. The Morgan fingerprint density at radius 1 is 1.17 bits per heavy atom. The zero-order valence-electron chi connectivity index (χ0n) is 12.4. The van der Waals surface area contributed by atoms with Gasteiger partial charge in [0.15, 0.2) is 0 Å². The number of halogens is 2. The van der Waals surface area contributed by atoms with E-state index in [1.165, 1.54) is 18.2 Å². The second-order valence-electron chi connectivity index (χ2n) is 5.61. The minimum atomic E-state index is -0.622. The second kappa shape index (κ2) is 6.83. The zero-order chi connectivity index (χ0) is 17.3. The number of phenols is 1. The molecule has 0 radical (unpaired) electrons. The van der Waals surface area contributed by atoms with Crippen LogP contribution in [0.1, 0.15) is 28.3 Å². The van der Waals surface area contributed by atoms with E-state index in [9.17, 15) is 14.7 Å². The predicted octanol–water partition coefficient (Wildman–Crippen LogP) is 3.37. The van der Waals surface area contributed by atoms with E-state index < -0.39 is 5.91 Å². The van der Waals surface area contributed by atoms with Gasteiger partial charge in [0.25, 0.3) is 5.91 Å². The van der Waals surface area contributed by atoms with Crippen LogP contribution in [0, 0.1) is 5.92 Å². The van der Waals surface area contributed by atoms with Crippen LogP contribution in [0.15, 0.2) is 46.9 Å². The number of hydrogen-bond acceptors (Lipinski definition) is 3. The summed E-state index contributed by atoms with van der Waals surface area (Å²) in [6, 6.07) is 11.9. The Hall–Kier alpha value is -2.05. The standard InChI is InChI=1S/C17H14BrClN2O3/c18-10-3-1-2-9(6-10)12-8-13(12)16(23)20-21-17(24)14-7-11(19)4-5-15(14)22/h1-7,12-13,22H,8H2,(H,20,23)(H,21,24). The number of hydrogen-bond donors (Lipinski definition) is 3. The van der Waals surface area contributed by atoms with Crippen molar-refractivity contribution in [1.82, 2.24) is 10.9 Å². The molecule has 2 aromatic rings. The monoisotopic (exact) mass is 408 g/mol. The van der Waals surface area contributed by atoms with E-state index in [0.29, 0.717) is 5.02 Å². The zero-order valence-corrected chi connectivity index (χ0v) is 14.8. The van der Waals surface area contributed by atoms with E-state index in [1.807, 2.05) is 24.3 Å². The van der Waals surface area contributed by atoms with Gasteiger partial charge in [-0.25, -0.2) is 0 Å². The Balaban J connectivity index is 1.57. The lowest BCUT2D eigenvalue weighted by Crippen LogP contribution is -2.42. The molecule has 7 heteroatoms. The highest BCUT2D eigenvalue weighted by atomic mass is 79.9. The quantitative estimate of drug-likeness (QED) is 0.680. The third kappa shape index (κ3) is 3.71. The maximum absolute atomic E-state index is 12.1. The molecule has 2 amide bonds. The number of phenolic OH excluding ortho intramolecular Hbond substituents is 1. The summed E-state index contributed by atoms with van der Waals surface area (Å²) in [5.41, 5.74) is 5.79. The summed E-state index contributed by atoms with van der Waals surface area (Å²) in [6.45, 7) is 0. The molecule has 3 N–H and O–H groups in total. The number of amides is 2. The van der Waals surface area contributed by atoms with Gasteiger partial charge in [-0.05, 0) is 48.2 Å². The summed E-state index contributed by atoms with van der Waals surface area (Å²) in [7, 11) is 0. The van der Waals surface area contributed by atoms with Gasteiger partial charge in [0.2, 0.25) is 5.91 Å². The number of rotatable bonds is 3. The molecular formula is C17H14BrClN2O3. The highest BCUT2D eigenvalue weighted by molar-refractivity contribution is 9.10. The van der Waals surface area contributed by atoms with Gasteiger partial charge in [-0.3, -0.25) is 20.4 Å². The number of benzene rings is 2. The first-order valence-electron chi connectivity index (χ1n) is 7.30. The Kier molecular flexibility index (Phi) is 4.78. The average molecular weight is 410 g/mol. The number of carbonyl (C=O) groups is 2. The summed E-state index contributed by atoms with van der Waals surface area (Å²) in [5.74, 6) is -1.10. The van der Waals surface area contributed by atoms with Crippen LogP contribution in [0.5, 0.6) is 5.75 Å². The van der Waals surface area contributed by atoms with Crippen LogP contribution in [0.4, 0.5) is 0 Å². The van der Waals surface area contributed by atoms with E-state index in [-0.39, 0.29) is 29.1 Å². The molecule has 0 spiro atoms. The van der Waals surface area contributed by atoms with Crippen molar-refractivity contribution in [2.45, 2.75) is 12.3 Å². The van der Waals surface area contributed by atoms with Gasteiger partial charge in [-0.2, -0.15) is 0 Å². The van der Waals surface area contributed by atoms with E-state index >= 15 is 0 Å². The summed E-state index contributed by atoms with van der Waals surface area (Å²) in [6.07, 6.45) is 0.737. The van der Waals surface area contributed by atoms with Gasteiger partial charge in [0.1, 0.15) is 5.75 Å². The molecular weight excluding hydrogens is 396 g/mol. The van der Waals surface area contributed by atoms with Gasteiger partial charge in [-0.15, -0.1) is 0 Å². The third-order valence-corrected chi connectivity index (χ3v) is 4.63. The topological polar surface area (TPSA) is 78.4 Å². The smallest absolute Gasteiger partial charge is 0.273 e. The normalized spacial score (nSPS) is 18.8. The number of carbonyl (C=O) groups excluding carboxylic acids is 2. The van der Waals surface area contributed by atoms with Gasteiger partial charge in [0.05, 0.1) is 5.56 Å². The minimum absolute atomic E-state index is 0.00198. The molecule has 0 aromatic heterocycles. The molecule has 1 fully saturated rings. The number of hydrazine groups is 1. The van der Waals surface area contributed by atoms with Crippen LogP contribution >= 0.6 is 27.5 Å². The molecule has 24 heavy (non-hydrogen) atoms. The SMILES string of the molecule is O=C(NNC(=O)C1CC1c1cccc(Br)c1)c1cc(Cl)ccc1O. The Labute approximate surface area is 152 Å². The molecule has 2 aromatic carbocycles. The first kappa shape index (κ1) is 16.8. The fraction of sp³-hybridized carbons (Fsp3) is 0.176. The van der Waals surface area contributed by atoms with Crippen molar-refractivity contribution in [2.24, 2.45) is 5.92 Å². The Bertz CT molecular complexity index is 812. The van der Waals surface area contributed by atoms with Crippen molar-refractivity contribution in [3.63, 3.8) is 0 Å². The van der Waals surface area contributed by atoms with E-state index in [2.05, 4.69) is 26.8 Å². The minimum Gasteiger partial charge on any atom is -0.507 e. The van der Waals surface area contributed by atoms with Gasteiger partial charge in [-0.1, -0.05) is 39.7 Å². The van der Waals surface area contributed by atoms with E-state index in [1.54, 1.807) is 0 Å². The number of nitrogens with one attached hydrogen (secondary N) is 2. The molecule has 124 valence electrons. The highest BCUT2D eigenvalue weighted by Gasteiger charge is 2.44. The van der Waals surface area contributed by atoms with Crippen molar-refractivity contribution in [1.29, 1.82) is 0 Å². The molecule has 5 nitrogen and oxygen atoms in total. The van der Waals surface area contributed by atoms with Crippen LogP contribution in [0.25, 0.3) is 0 Å². The lowest BCUT2D eigenvalue weighted by Gasteiger charge is -2.09. The van der Waals surface area contributed by atoms with Crippen molar-refractivity contribution in [3.8, 4) is 5.75 Å². The molecule has 0 aliphatic heterocycles. The summed E-state index contributed by atoms with van der Waals surface area (Å²) in [5, 5.41) is 9.99. The first-order valence-corrected chi connectivity index (χ1v) is 8.47. The lowest BCUT2D eigenvalue weighted by molar-refractivity contribution is -0.123. The molecule has 2 unspecified atom stereocenters. The fourth-order valence-electron chi connectivity index (χ4n) is 2.56. The van der Waals surface area contributed by atoms with Gasteiger partial charge in [0, 0.05) is 15.4 Å². The van der Waals surface area contributed by atoms with Crippen molar-refractivity contribution < 1.29 is 14.7 Å². The van der Waals surface area contributed by atoms with Crippen LogP contribution in [-0.2, 0) is 4.79 Å². The molecule has 0 bridgehead atoms. The molecule has 0 heterocycles. The fourth-order valence-corrected chi connectivity index (χ4v) is 3.15. The predicted molar refractivity (Wildman–Crippen MR) is 93.7 cm³/mol. The largest absolute Gasteiger partial charge is 0.507 e. The van der Waals surface area contributed by atoms with E-state index in [0.717, 1.165) is 16.5 Å². The van der Waals surface area contributed by atoms with Crippen molar-refractivity contribution >= 4 is 39.3 Å². The van der Waals surface area contributed by atoms with Crippen molar-refractivity contribution in [3.05, 3.63) is 63.1 Å². The molecule has 2 atom stereocenters. The van der Waals surface area contributed by atoms with E-state index in [4.69, 9.17) is 11.6 Å². The average Bonchev–Trinajstić information content (AvgIpc) is 3.35. The molecule has 1 saturated carbocycles. The molecule has 1 aliphatic carbocycles. The van der Waals surface area contributed by atoms with Crippen LogP contribution in [-0.4, -0.2) is 16.9 Å². The maximum Gasteiger partial charge on any atom is 0.273 e. The van der Waals surface area contributed by atoms with Crippen LogP contribution in [0.3, 0.4) is 0 Å². The van der Waals surface area contributed by atoms with Crippen molar-refractivity contribution in [2.75, 3.05) is 0 Å². The third-order valence-electron chi connectivity index (χ3n) is 3.91. The molecule has 1 aliphatic rings. The van der Waals surface area contributed by atoms with Gasteiger partial charge < -0.3 is 5.11 Å². The first-order chi connectivity index (χ1) is 11.5.